The molecule has 2 saturated heterocycles. The molecule has 1 unspecified atom stereocenters. The highest BCUT2D eigenvalue weighted by molar-refractivity contribution is 5.91. The van der Waals surface area contributed by atoms with Crippen LogP contribution in [0, 0.1) is 57.7 Å². The van der Waals surface area contributed by atoms with E-state index < -0.39 is 148 Å². The van der Waals surface area contributed by atoms with Crippen LogP contribution in [0.15, 0.2) is 0 Å². The topological polar surface area (TPSA) is 202 Å². The summed E-state index contributed by atoms with van der Waals surface area (Å²) in [5.41, 5.74) is -4.15. The molecular formula is C35H46O14. The van der Waals surface area contributed by atoms with Crippen LogP contribution in [0.5, 0.6) is 0 Å². The van der Waals surface area contributed by atoms with Gasteiger partial charge in [0.05, 0.1) is 17.6 Å². The monoisotopic (exact) mass is 690 g/mol. The number of Topliss-reactive ketones (excluding diaryl/α,β-unsaturated/α-hetero) is 2. The summed E-state index contributed by atoms with van der Waals surface area (Å²) in [6, 6.07) is 0. The third-order valence-electron chi connectivity index (χ3n) is 14.1. The highest BCUT2D eigenvalue weighted by Gasteiger charge is 2.86. The number of epoxide rings is 1. The second-order valence-electron chi connectivity index (χ2n) is 16.3. The Hall–Kier alpha value is -2.94. The van der Waals surface area contributed by atoms with E-state index in [2.05, 4.69) is 0 Å². The number of aliphatic hydroxyl groups is 2. The summed E-state index contributed by atoms with van der Waals surface area (Å²) in [6.45, 7) is 13.1. The molecule has 7 rings (SSSR count). The molecule has 0 aromatic rings. The smallest absolute Gasteiger partial charge is 0.303 e. The van der Waals surface area contributed by atoms with Gasteiger partial charge in [-0.15, -0.1) is 0 Å². The maximum Gasteiger partial charge on any atom is 0.303 e. The van der Waals surface area contributed by atoms with E-state index in [1.165, 1.54) is 34.6 Å². The van der Waals surface area contributed by atoms with E-state index in [-0.39, 0.29) is 6.42 Å². The highest BCUT2D eigenvalue weighted by Crippen LogP contribution is 2.77. The molecule has 0 amide bonds. The SMILES string of the molecule is CC(=O)O[C@H]1[C@H]2[C@H]([C@@H]3[C@H]4OC(C)(O)[C@]5(C)[C@H]4[C@H]([C@H](C)C(=O)[C@H]5O)[C@@]3(C)[C@H]1OC(C)=O)[C@@H](OC(C)=O)C(=O)[C@H]1C[C@@H]3O[C@H]3[C@H](OC(C)=O)[C@]21C. The largest absolute Gasteiger partial charge is 0.459 e. The van der Waals surface area contributed by atoms with E-state index in [9.17, 15) is 39.0 Å². The zero-order chi connectivity index (χ0) is 36.1. The minimum Gasteiger partial charge on any atom is -0.459 e. The van der Waals surface area contributed by atoms with Gasteiger partial charge in [0, 0.05) is 74.0 Å². The maximum atomic E-state index is 14.9. The minimum atomic E-state index is -2.02. The summed E-state index contributed by atoms with van der Waals surface area (Å²) in [4.78, 5) is 80.4. The molecule has 19 atom stereocenters. The number of ketones is 2. The maximum absolute atomic E-state index is 14.9. The second kappa shape index (κ2) is 10.5. The Bertz CT molecular complexity index is 1540. The number of ether oxygens (including phenoxy) is 6. The van der Waals surface area contributed by atoms with E-state index in [0.717, 1.165) is 0 Å². The van der Waals surface area contributed by atoms with Crippen LogP contribution in [0.4, 0.5) is 0 Å². The average Bonchev–Trinajstić information content (AvgIpc) is 3.66. The summed E-state index contributed by atoms with van der Waals surface area (Å²) in [5, 5.41) is 23.4. The van der Waals surface area contributed by atoms with Crippen molar-refractivity contribution < 1.29 is 67.4 Å². The molecule has 0 spiro atoms. The Kier molecular flexibility index (Phi) is 7.43. The highest BCUT2D eigenvalue weighted by atomic mass is 16.6. The Morgan fingerprint density at radius 3 is 1.88 bits per heavy atom. The van der Waals surface area contributed by atoms with Gasteiger partial charge >= 0.3 is 23.9 Å². The van der Waals surface area contributed by atoms with Crippen LogP contribution in [0.2, 0.25) is 0 Å². The average molecular weight is 691 g/mol. The molecule has 0 aromatic heterocycles. The lowest BCUT2D eigenvalue weighted by molar-refractivity contribution is -0.303. The van der Waals surface area contributed by atoms with Gasteiger partial charge in [0.1, 0.15) is 30.5 Å². The van der Waals surface area contributed by atoms with Gasteiger partial charge in [0.15, 0.2) is 23.5 Å². The third kappa shape index (κ3) is 4.20. The van der Waals surface area contributed by atoms with Crippen LogP contribution in [-0.4, -0.2) is 100 Å². The van der Waals surface area contributed by atoms with Crippen molar-refractivity contribution in [3.8, 4) is 0 Å². The molecule has 2 N–H and O–H groups in total. The van der Waals surface area contributed by atoms with Crippen LogP contribution in [0.3, 0.4) is 0 Å². The van der Waals surface area contributed by atoms with E-state index in [4.69, 9.17) is 28.4 Å². The van der Waals surface area contributed by atoms with Gasteiger partial charge < -0.3 is 38.6 Å². The van der Waals surface area contributed by atoms with Gasteiger partial charge in [-0.05, 0) is 19.3 Å². The number of hydrogen-bond donors (Lipinski definition) is 2. The second-order valence-corrected chi connectivity index (χ2v) is 16.3. The molecule has 14 nitrogen and oxygen atoms in total. The predicted molar refractivity (Wildman–Crippen MR) is 161 cm³/mol. The first-order valence-electron chi connectivity index (χ1n) is 17.2. The number of fused-ring (bicyclic) bond motifs is 8. The summed E-state index contributed by atoms with van der Waals surface area (Å²) in [5.74, 6) is -11.8. The van der Waals surface area contributed by atoms with Gasteiger partial charge in [-0.25, -0.2) is 0 Å². The van der Waals surface area contributed by atoms with E-state index >= 15 is 0 Å². The van der Waals surface area contributed by atoms with Gasteiger partial charge in [-0.1, -0.05) is 27.7 Å². The first-order chi connectivity index (χ1) is 22.6. The molecule has 5 saturated carbocycles. The van der Waals surface area contributed by atoms with Gasteiger partial charge in [0.2, 0.25) is 0 Å². The molecule has 7 aliphatic rings. The van der Waals surface area contributed by atoms with Crippen molar-refractivity contribution in [2.24, 2.45) is 57.7 Å². The molecule has 270 valence electrons. The molecule has 0 bridgehead atoms. The van der Waals surface area contributed by atoms with Crippen molar-refractivity contribution in [3.05, 3.63) is 0 Å². The first-order valence-corrected chi connectivity index (χ1v) is 17.2. The zero-order valence-electron chi connectivity index (χ0n) is 29.2. The summed E-state index contributed by atoms with van der Waals surface area (Å²) >= 11 is 0. The Morgan fingerprint density at radius 1 is 0.735 bits per heavy atom. The molecule has 5 aliphatic carbocycles. The van der Waals surface area contributed by atoms with E-state index in [0.29, 0.717) is 0 Å². The zero-order valence-corrected chi connectivity index (χ0v) is 29.2. The summed E-state index contributed by atoms with van der Waals surface area (Å²) in [6.07, 6.45) is -8.22. The quantitative estimate of drug-likeness (QED) is 0.239. The van der Waals surface area contributed by atoms with Gasteiger partial charge in [-0.3, -0.25) is 28.8 Å². The van der Waals surface area contributed by atoms with Crippen LogP contribution < -0.4 is 0 Å². The standard InChI is InChI=1S/C35H46O14/c1-11-19-22-27(49-35(9,43)34(22,8)29(42)23(11)40)20-18-21(28(45-13(3)37)31(33(19,20)7)47-15(5)39)32(6)16(24(41)26(18)44-12(2)36)10-17-25(48-17)30(32)46-14(4)38/h11,16-22,25-31,42-43H,10H2,1-9H3/t11-,16+,17-,18-,19-,20+,21+,22-,25+,26+,27+,28-,29+,30-,31-,32-,33+,34+,35?/m0/s1. The Morgan fingerprint density at radius 2 is 1.31 bits per heavy atom. The number of carbonyl (C=O) groups is 6. The van der Waals surface area contributed by atoms with Crippen molar-refractivity contribution in [2.75, 3.05) is 0 Å². The van der Waals surface area contributed by atoms with E-state index in [1.807, 2.05) is 0 Å². The Balaban J connectivity index is 1.54. The fourth-order valence-electron chi connectivity index (χ4n) is 12.4. The van der Waals surface area contributed by atoms with Crippen molar-refractivity contribution in [3.63, 3.8) is 0 Å². The predicted octanol–water partition coefficient (Wildman–Crippen LogP) is 0.897. The molecule has 0 aromatic carbocycles. The van der Waals surface area contributed by atoms with Crippen LogP contribution in [0.1, 0.15) is 68.7 Å². The van der Waals surface area contributed by atoms with Crippen molar-refractivity contribution in [1.29, 1.82) is 0 Å². The lowest BCUT2D eigenvalue weighted by atomic mass is 9.40. The lowest BCUT2D eigenvalue weighted by Gasteiger charge is -2.66. The molecule has 2 heterocycles. The number of aliphatic hydroxyl groups excluding tert-OH is 1. The fraction of sp³-hybridized carbons (Fsp3) is 0.829. The van der Waals surface area contributed by atoms with E-state index in [1.54, 1.807) is 27.7 Å². The molecule has 2 aliphatic heterocycles. The van der Waals surface area contributed by atoms with Crippen molar-refractivity contribution >= 4 is 35.4 Å². The van der Waals surface area contributed by atoms with Gasteiger partial charge in [-0.2, -0.15) is 0 Å². The molecule has 0 radical (unpaired) electrons. The normalized spacial score (nSPS) is 54.7. The Labute approximate surface area is 283 Å². The van der Waals surface area contributed by atoms with Crippen LogP contribution in [0.25, 0.3) is 0 Å². The minimum absolute atomic E-state index is 0.224. The first kappa shape index (κ1) is 34.5. The number of esters is 4. The van der Waals surface area contributed by atoms with Crippen molar-refractivity contribution in [1.82, 2.24) is 0 Å². The summed E-state index contributed by atoms with van der Waals surface area (Å²) in [7, 11) is 0. The summed E-state index contributed by atoms with van der Waals surface area (Å²) < 4.78 is 36.8. The van der Waals surface area contributed by atoms with Crippen molar-refractivity contribution in [2.45, 2.75) is 123 Å². The lowest BCUT2D eigenvalue weighted by Crippen LogP contribution is -2.75. The number of hydrogen-bond acceptors (Lipinski definition) is 14. The molecule has 14 heteroatoms. The molecule has 49 heavy (non-hydrogen) atoms. The molecular weight excluding hydrogens is 644 g/mol. The van der Waals surface area contributed by atoms with Gasteiger partial charge in [0.25, 0.3) is 0 Å². The van der Waals surface area contributed by atoms with Crippen LogP contribution in [-0.2, 0) is 57.2 Å². The number of rotatable bonds is 4. The molecule has 7 fully saturated rings. The van der Waals surface area contributed by atoms with Crippen LogP contribution >= 0.6 is 0 Å². The third-order valence-corrected chi connectivity index (χ3v) is 14.1. The number of carbonyl (C=O) groups excluding carboxylic acids is 6. The fourth-order valence-corrected chi connectivity index (χ4v) is 12.4.